The molecule has 9 heteroatoms. The van der Waals surface area contributed by atoms with E-state index in [4.69, 9.17) is 0 Å². The number of nitrogens with one attached hydrogen (secondary N) is 4. The van der Waals surface area contributed by atoms with Crippen LogP contribution in [0.5, 0.6) is 0 Å². The zero-order valence-corrected chi connectivity index (χ0v) is 15.9. The maximum absolute atomic E-state index is 12.7. The van der Waals surface area contributed by atoms with E-state index in [1.54, 1.807) is 12.1 Å². The summed E-state index contributed by atoms with van der Waals surface area (Å²) in [5.74, 6) is 0.626. The summed E-state index contributed by atoms with van der Waals surface area (Å²) >= 11 is 0. The Labute approximate surface area is 159 Å². The van der Waals surface area contributed by atoms with Gasteiger partial charge < -0.3 is 5.32 Å². The van der Waals surface area contributed by atoms with Gasteiger partial charge >= 0.3 is 0 Å². The molecule has 1 aliphatic carbocycles. The van der Waals surface area contributed by atoms with E-state index in [0.717, 1.165) is 25.7 Å². The van der Waals surface area contributed by atoms with Crippen molar-refractivity contribution in [1.29, 1.82) is 0 Å². The fraction of sp³-hybridized carbons (Fsp3) is 0.556. The second-order valence-corrected chi connectivity index (χ2v) is 9.06. The van der Waals surface area contributed by atoms with Gasteiger partial charge in [-0.3, -0.25) is 19.9 Å². The average Bonchev–Trinajstić information content (AvgIpc) is 3.31. The largest absolute Gasteiger partial charge is 0.325 e. The predicted octanol–water partition coefficient (Wildman–Crippen LogP) is 1.13. The molecule has 3 aliphatic rings. The zero-order valence-electron chi connectivity index (χ0n) is 15.1. The molecule has 0 aromatic heterocycles. The molecule has 2 fully saturated rings. The summed E-state index contributed by atoms with van der Waals surface area (Å²) in [6.07, 6.45) is 5.91. The Hall–Kier alpha value is -1.97. The molecule has 3 atom stereocenters. The molecule has 27 heavy (non-hydrogen) atoms. The number of hydrogen-bond donors (Lipinski definition) is 4. The van der Waals surface area contributed by atoms with Gasteiger partial charge in [0, 0.05) is 30.6 Å². The molecule has 2 aliphatic heterocycles. The van der Waals surface area contributed by atoms with Crippen molar-refractivity contribution >= 4 is 27.5 Å². The molecule has 1 amide bonds. The van der Waals surface area contributed by atoms with Crippen molar-refractivity contribution < 1.29 is 13.2 Å². The van der Waals surface area contributed by atoms with E-state index < -0.39 is 10.0 Å². The SMILES string of the molecule is O=C(Nc1cccc(S(=O)(=O)NC2=NCCC2)c1)C1NNC2CCCCC21. The molecule has 1 saturated carbocycles. The van der Waals surface area contributed by atoms with Crippen LogP contribution in [0.15, 0.2) is 34.2 Å². The van der Waals surface area contributed by atoms with Crippen molar-refractivity contribution in [1.82, 2.24) is 15.6 Å². The van der Waals surface area contributed by atoms with Gasteiger partial charge in [0.25, 0.3) is 10.0 Å². The van der Waals surface area contributed by atoms with Crippen molar-refractivity contribution in [3.63, 3.8) is 0 Å². The molecular weight excluding hydrogens is 366 g/mol. The Kier molecular flexibility index (Phi) is 5.16. The van der Waals surface area contributed by atoms with Crippen LogP contribution in [0.25, 0.3) is 0 Å². The minimum absolute atomic E-state index is 0.114. The van der Waals surface area contributed by atoms with Gasteiger partial charge in [-0.1, -0.05) is 18.9 Å². The smallest absolute Gasteiger partial charge is 0.262 e. The number of amidine groups is 1. The van der Waals surface area contributed by atoms with E-state index in [-0.39, 0.29) is 22.8 Å². The number of fused-ring (bicyclic) bond motifs is 1. The van der Waals surface area contributed by atoms with Gasteiger partial charge in [0.2, 0.25) is 5.91 Å². The fourth-order valence-electron chi connectivity index (χ4n) is 4.10. The third-order valence-corrected chi connectivity index (χ3v) is 6.87. The highest BCUT2D eigenvalue weighted by atomic mass is 32.2. The quantitative estimate of drug-likeness (QED) is 0.615. The number of carbonyl (C=O) groups excluding carboxylic acids is 1. The van der Waals surface area contributed by atoms with E-state index >= 15 is 0 Å². The lowest BCUT2D eigenvalue weighted by Crippen LogP contribution is -2.42. The van der Waals surface area contributed by atoms with Crippen LogP contribution in [0.1, 0.15) is 38.5 Å². The van der Waals surface area contributed by atoms with Gasteiger partial charge in [-0.05, 0) is 37.5 Å². The third kappa shape index (κ3) is 3.99. The first kappa shape index (κ1) is 18.4. The number of nitrogens with zero attached hydrogens (tertiary/aromatic N) is 1. The van der Waals surface area contributed by atoms with Crippen molar-refractivity contribution in [3.8, 4) is 0 Å². The summed E-state index contributed by atoms with van der Waals surface area (Å²) in [7, 11) is -3.70. The Balaban J connectivity index is 1.45. The summed E-state index contributed by atoms with van der Waals surface area (Å²) < 4.78 is 27.6. The van der Waals surface area contributed by atoms with E-state index in [2.05, 4.69) is 25.9 Å². The average molecular weight is 391 g/mol. The van der Waals surface area contributed by atoms with Gasteiger partial charge in [-0.25, -0.2) is 13.8 Å². The van der Waals surface area contributed by atoms with Gasteiger partial charge in [0.05, 0.1) is 4.90 Å². The lowest BCUT2D eigenvalue weighted by Gasteiger charge is -2.26. The van der Waals surface area contributed by atoms with Crippen molar-refractivity contribution in [2.45, 2.75) is 55.5 Å². The molecular formula is C18H25N5O3S. The maximum Gasteiger partial charge on any atom is 0.262 e. The first-order chi connectivity index (χ1) is 13.0. The predicted molar refractivity (Wildman–Crippen MR) is 103 cm³/mol. The zero-order chi connectivity index (χ0) is 18.9. The van der Waals surface area contributed by atoms with Gasteiger partial charge in [-0.2, -0.15) is 0 Å². The van der Waals surface area contributed by atoms with E-state index in [1.807, 2.05) is 0 Å². The van der Waals surface area contributed by atoms with Crippen molar-refractivity contribution in [2.75, 3.05) is 11.9 Å². The maximum atomic E-state index is 12.7. The second-order valence-electron chi connectivity index (χ2n) is 7.38. The van der Waals surface area contributed by atoms with Gasteiger partial charge in [-0.15, -0.1) is 0 Å². The molecule has 1 saturated heterocycles. The van der Waals surface area contributed by atoms with E-state index in [9.17, 15) is 13.2 Å². The summed E-state index contributed by atoms with van der Waals surface area (Å²) in [5, 5.41) is 2.86. The number of hydrogen-bond acceptors (Lipinski definition) is 6. The Bertz CT molecular complexity index is 854. The Morgan fingerprint density at radius 2 is 2.00 bits per heavy atom. The minimum atomic E-state index is -3.70. The fourth-order valence-corrected chi connectivity index (χ4v) is 5.23. The molecule has 0 spiro atoms. The lowest BCUT2D eigenvalue weighted by atomic mass is 9.81. The number of aliphatic imine (C=N–C) groups is 1. The van der Waals surface area contributed by atoms with Crippen LogP contribution >= 0.6 is 0 Å². The van der Waals surface area contributed by atoms with Crippen molar-refractivity contribution in [2.24, 2.45) is 10.9 Å². The van der Waals surface area contributed by atoms with Crippen LogP contribution in [-0.4, -0.2) is 38.8 Å². The molecule has 4 rings (SSSR count). The summed E-state index contributed by atoms with van der Waals surface area (Å²) in [6, 6.07) is 6.35. The summed E-state index contributed by atoms with van der Waals surface area (Å²) in [5.41, 5.74) is 6.79. The number of carbonyl (C=O) groups is 1. The Morgan fingerprint density at radius 1 is 1.15 bits per heavy atom. The molecule has 1 aromatic rings. The number of anilines is 1. The van der Waals surface area contributed by atoms with Crippen LogP contribution < -0.4 is 20.9 Å². The third-order valence-electron chi connectivity index (χ3n) is 5.49. The van der Waals surface area contributed by atoms with Crippen LogP contribution in [0, 0.1) is 5.92 Å². The molecule has 146 valence electrons. The minimum Gasteiger partial charge on any atom is -0.325 e. The highest BCUT2D eigenvalue weighted by Gasteiger charge is 2.41. The molecule has 8 nitrogen and oxygen atoms in total. The van der Waals surface area contributed by atoms with Crippen LogP contribution in [0.4, 0.5) is 5.69 Å². The number of hydrazine groups is 1. The molecule has 4 N–H and O–H groups in total. The van der Waals surface area contributed by atoms with E-state index in [0.29, 0.717) is 30.5 Å². The monoisotopic (exact) mass is 391 g/mol. The first-order valence-electron chi connectivity index (χ1n) is 9.51. The molecule has 1 aromatic carbocycles. The number of benzene rings is 1. The summed E-state index contributed by atoms with van der Waals surface area (Å²) in [6.45, 7) is 0.651. The second kappa shape index (κ2) is 7.57. The standard InChI is InChI=1S/C18H25N5O3S/c24-18(17-14-7-1-2-8-15(14)21-22-17)20-12-5-3-6-13(11-12)27(25,26)23-16-9-4-10-19-16/h3,5-6,11,14-15,17,21-22H,1-2,4,7-10H2,(H,19,23)(H,20,24). The molecule has 3 unspecified atom stereocenters. The molecule has 2 heterocycles. The number of sulfonamides is 1. The summed E-state index contributed by atoms with van der Waals surface area (Å²) in [4.78, 5) is 17.0. The highest BCUT2D eigenvalue weighted by molar-refractivity contribution is 7.90. The lowest BCUT2D eigenvalue weighted by molar-refractivity contribution is -0.118. The Morgan fingerprint density at radius 3 is 2.81 bits per heavy atom. The number of amides is 1. The van der Waals surface area contributed by atoms with Gasteiger partial charge in [0.1, 0.15) is 11.9 Å². The normalized spacial score (nSPS) is 27.7. The highest BCUT2D eigenvalue weighted by Crippen LogP contribution is 2.30. The number of rotatable bonds is 4. The molecule has 0 radical (unpaired) electrons. The van der Waals surface area contributed by atoms with Crippen LogP contribution in [0.2, 0.25) is 0 Å². The van der Waals surface area contributed by atoms with Crippen LogP contribution in [0.3, 0.4) is 0 Å². The van der Waals surface area contributed by atoms with E-state index in [1.165, 1.54) is 18.6 Å². The first-order valence-corrected chi connectivity index (χ1v) is 11.0. The topological polar surface area (TPSA) is 112 Å². The van der Waals surface area contributed by atoms with Gasteiger partial charge in [0.15, 0.2) is 0 Å². The molecule has 0 bridgehead atoms. The van der Waals surface area contributed by atoms with Crippen molar-refractivity contribution in [3.05, 3.63) is 24.3 Å². The van der Waals surface area contributed by atoms with Crippen LogP contribution in [-0.2, 0) is 14.8 Å².